The van der Waals surface area contributed by atoms with Crippen LogP contribution in [0.4, 0.5) is 0 Å². The molecule has 0 fully saturated rings. The smallest absolute Gasteiger partial charge is 0.300 e. The van der Waals surface area contributed by atoms with Gasteiger partial charge in [-0.25, -0.2) is 10.6 Å². The molecule has 7 heteroatoms. The number of aromatic nitrogens is 2. The van der Waals surface area contributed by atoms with Gasteiger partial charge in [-0.15, -0.1) is 0 Å². The Hall–Kier alpha value is -1.89. The summed E-state index contributed by atoms with van der Waals surface area (Å²) in [7, 11) is 0. The number of nitrogens with one attached hydrogen (secondary N) is 2. The van der Waals surface area contributed by atoms with Gasteiger partial charge in [-0.3, -0.25) is 24.6 Å². The lowest BCUT2D eigenvalue weighted by molar-refractivity contribution is -0.121. The van der Waals surface area contributed by atoms with Crippen molar-refractivity contribution in [1.82, 2.24) is 15.0 Å². The Labute approximate surface area is 84.9 Å². The van der Waals surface area contributed by atoms with Crippen LogP contribution in [0.3, 0.4) is 0 Å². The summed E-state index contributed by atoms with van der Waals surface area (Å²) in [5.74, 6) is 4.51. The number of rotatable bonds is 3. The second kappa shape index (κ2) is 4.56. The van der Waals surface area contributed by atoms with Gasteiger partial charge < -0.3 is 0 Å². The standard InChI is InChI=1S/C8H12N4O3/c1-5-4-12(3-2-6(13)11-9)8(15)10-7(5)14/h4H,2-3,9H2,1H3,(H,11,13)(H,10,14,15). The highest BCUT2D eigenvalue weighted by molar-refractivity contribution is 5.74. The van der Waals surface area contributed by atoms with Crippen LogP contribution in [-0.4, -0.2) is 15.5 Å². The third-order valence-corrected chi connectivity index (χ3v) is 1.93. The molecule has 1 aromatic rings. The second-order valence-electron chi connectivity index (χ2n) is 3.08. The van der Waals surface area contributed by atoms with Gasteiger partial charge in [0.2, 0.25) is 5.91 Å². The van der Waals surface area contributed by atoms with Crippen molar-refractivity contribution in [3.63, 3.8) is 0 Å². The first-order valence-corrected chi connectivity index (χ1v) is 4.34. The summed E-state index contributed by atoms with van der Waals surface area (Å²) in [5.41, 5.74) is 1.42. The molecule has 0 aromatic carbocycles. The van der Waals surface area contributed by atoms with Crippen LogP contribution in [0.25, 0.3) is 0 Å². The highest BCUT2D eigenvalue weighted by Gasteiger charge is 2.03. The first kappa shape index (κ1) is 11.2. The molecular formula is C8H12N4O3. The number of carbonyl (C=O) groups is 1. The van der Waals surface area contributed by atoms with Gasteiger partial charge in [0.15, 0.2) is 0 Å². The number of amides is 1. The van der Waals surface area contributed by atoms with Gasteiger partial charge in [0.1, 0.15) is 0 Å². The van der Waals surface area contributed by atoms with Crippen LogP contribution in [0.5, 0.6) is 0 Å². The van der Waals surface area contributed by atoms with Crippen molar-refractivity contribution in [3.05, 3.63) is 32.6 Å². The van der Waals surface area contributed by atoms with Gasteiger partial charge in [-0.2, -0.15) is 0 Å². The minimum absolute atomic E-state index is 0.0852. The van der Waals surface area contributed by atoms with Gasteiger partial charge in [0.05, 0.1) is 0 Å². The monoisotopic (exact) mass is 212 g/mol. The lowest BCUT2D eigenvalue weighted by atomic mass is 10.3. The minimum atomic E-state index is -0.532. The molecule has 0 spiro atoms. The van der Waals surface area contributed by atoms with E-state index in [1.54, 1.807) is 6.92 Å². The summed E-state index contributed by atoms with van der Waals surface area (Å²) in [5, 5.41) is 0. The lowest BCUT2D eigenvalue weighted by Crippen LogP contribution is -2.34. The number of hydrogen-bond donors (Lipinski definition) is 3. The van der Waals surface area contributed by atoms with Crippen molar-refractivity contribution in [3.8, 4) is 0 Å². The van der Waals surface area contributed by atoms with E-state index in [2.05, 4.69) is 4.98 Å². The molecule has 0 aliphatic rings. The zero-order chi connectivity index (χ0) is 11.4. The summed E-state index contributed by atoms with van der Waals surface area (Å²) in [6, 6.07) is 0. The maximum atomic E-state index is 11.2. The van der Waals surface area contributed by atoms with Crippen molar-refractivity contribution >= 4 is 5.91 Å². The van der Waals surface area contributed by atoms with Crippen LogP contribution in [0, 0.1) is 6.92 Å². The zero-order valence-electron chi connectivity index (χ0n) is 8.24. The van der Waals surface area contributed by atoms with Crippen LogP contribution in [-0.2, 0) is 11.3 Å². The third kappa shape index (κ3) is 2.78. The second-order valence-corrected chi connectivity index (χ2v) is 3.08. The van der Waals surface area contributed by atoms with Gasteiger partial charge in [0, 0.05) is 24.7 Å². The van der Waals surface area contributed by atoms with Crippen LogP contribution in [0.15, 0.2) is 15.8 Å². The Kier molecular flexibility index (Phi) is 3.40. The quantitative estimate of drug-likeness (QED) is 0.312. The molecule has 0 aliphatic carbocycles. The predicted molar refractivity (Wildman–Crippen MR) is 53.0 cm³/mol. The third-order valence-electron chi connectivity index (χ3n) is 1.93. The number of H-pyrrole nitrogens is 1. The summed E-state index contributed by atoms with van der Waals surface area (Å²) in [6.45, 7) is 1.76. The molecular weight excluding hydrogens is 200 g/mol. The van der Waals surface area contributed by atoms with Crippen LogP contribution in [0.2, 0.25) is 0 Å². The van der Waals surface area contributed by atoms with E-state index in [4.69, 9.17) is 5.84 Å². The minimum Gasteiger partial charge on any atom is -0.300 e. The molecule has 0 aliphatic heterocycles. The molecule has 82 valence electrons. The molecule has 1 rings (SSSR count). The van der Waals surface area contributed by atoms with Gasteiger partial charge in [-0.1, -0.05) is 0 Å². The average Bonchev–Trinajstić information content (AvgIpc) is 2.21. The SMILES string of the molecule is Cc1cn(CCC(=O)NN)c(=O)[nH]c1=O. The molecule has 7 nitrogen and oxygen atoms in total. The van der Waals surface area contributed by atoms with E-state index in [9.17, 15) is 14.4 Å². The fourth-order valence-electron chi connectivity index (χ4n) is 1.08. The molecule has 0 saturated carbocycles. The van der Waals surface area contributed by atoms with Crippen molar-refractivity contribution in [1.29, 1.82) is 0 Å². The summed E-state index contributed by atoms with van der Waals surface area (Å²) >= 11 is 0. The molecule has 0 atom stereocenters. The van der Waals surface area contributed by atoms with Gasteiger partial charge in [0.25, 0.3) is 5.56 Å². The van der Waals surface area contributed by atoms with E-state index in [-0.39, 0.29) is 18.9 Å². The van der Waals surface area contributed by atoms with Crippen molar-refractivity contribution in [2.45, 2.75) is 19.9 Å². The highest BCUT2D eigenvalue weighted by atomic mass is 16.2. The Morgan fingerprint density at radius 1 is 1.60 bits per heavy atom. The van der Waals surface area contributed by atoms with Crippen LogP contribution < -0.4 is 22.5 Å². The fourth-order valence-corrected chi connectivity index (χ4v) is 1.08. The number of hydrazine groups is 1. The number of carbonyl (C=O) groups excluding carboxylic acids is 1. The Bertz CT molecular complexity index is 474. The van der Waals surface area contributed by atoms with E-state index < -0.39 is 11.2 Å². The number of aromatic amines is 1. The molecule has 4 N–H and O–H groups in total. The van der Waals surface area contributed by atoms with Crippen molar-refractivity contribution in [2.75, 3.05) is 0 Å². The highest BCUT2D eigenvalue weighted by Crippen LogP contribution is 1.88. The number of aryl methyl sites for hydroxylation is 2. The van der Waals surface area contributed by atoms with Gasteiger partial charge >= 0.3 is 5.69 Å². The molecule has 0 saturated heterocycles. The molecule has 15 heavy (non-hydrogen) atoms. The topological polar surface area (TPSA) is 110 Å². The fraction of sp³-hybridized carbons (Fsp3) is 0.375. The lowest BCUT2D eigenvalue weighted by Gasteiger charge is -2.04. The Balaban J connectivity index is 2.87. The first-order chi connectivity index (χ1) is 7.04. The maximum Gasteiger partial charge on any atom is 0.328 e. The number of nitrogens with zero attached hydrogens (tertiary/aromatic N) is 1. The van der Waals surface area contributed by atoms with Gasteiger partial charge in [-0.05, 0) is 6.92 Å². The molecule has 0 radical (unpaired) electrons. The van der Waals surface area contributed by atoms with Crippen LogP contribution in [0.1, 0.15) is 12.0 Å². The Morgan fingerprint density at radius 3 is 2.87 bits per heavy atom. The molecule has 1 aromatic heterocycles. The van der Waals surface area contributed by atoms with Crippen molar-refractivity contribution in [2.24, 2.45) is 5.84 Å². The largest absolute Gasteiger partial charge is 0.328 e. The maximum absolute atomic E-state index is 11.2. The number of hydrogen-bond acceptors (Lipinski definition) is 4. The normalized spacial score (nSPS) is 10.0. The molecule has 0 unspecified atom stereocenters. The summed E-state index contributed by atoms with van der Waals surface area (Å²) in [6.07, 6.45) is 1.49. The predicted octanol–water partition coefficient (Wildman–Crippen LogP) is -1.77. The van der Waals surface area contributed by atoms with Crippen LogP contribution >= 0.6 is 0 Å². The zero-order valence-corrected chi connectivity index (χ0v) is 8.24. The van der Waals surface area contributed by atoms with Crippen molar-refractivity contribution < 1.29 is 4.79 Å². The Morgan fingerprint density at radius 2 is 2.27 bits per heavy atom. The molecule has 1 heterocycles. The van der Waals surface area contributed by atoms with E-state index >= 15 is 0 Å². The van der Waals surface area contributed by atoms with E-state index in [0.717, 1.165) is 0 Å². The average molecular weight is 212 g/mol. The molecule has 1 amide bonds. The first-order valence-electron chi connectivity index (χ1n) is 4.34. The molecule has 0 bridgehead atoms. The number of nitrogens with two attached hydrogens (primary N) is 1. The summed E-state index contributed by atoms with van der Waals surface area (Å²) < 4.78 is 1.26. The van der Waals surface area contributed by atoms with E-state index in [1.807, 2.05) is 5.43 Å². The van der Waals surface area contributed by atoms with E-state index in [0.29, 0.717) is 5.56 Å². The van der Waals surface area contributed by atoms with E-state index in [1.165, 1.54) is 10.8 Å². The summed E-state index contributed by atoms with van der Waals surface area (Å²) in [4.78, 5) is 35.2.